The van der Waals surface area contributed by atoms with Gasteiger partial charge < -0.3 is 5.32 Å². The molecule has 6 nitrogen and oxygen atoms in total. The van der Waals surface area contributed by atoms with Crippen molar-refractivity contribution in [1.82, 2.24) is 9.97 Å². The van der Waals surface area contributed by atoms with Gasteiger partial charge in [-0.05, 0) is 25.5 Å². The summed E-state index contributed by atoms with van der Waals surface area (Å²) in [5.41, 5.74) is 2.13. The molecule has 0 spiro atoms. The fourth-order valence-corrected chi connectivity index (χ4v) is 2.63. The van der Waals surface area contributed by atoms with Crippen LogP contribution in [0.25, 0.3) is 0 Å². The van der Waals surface area contributed by atoms with Gasteiger partial charge in [-0.15, -0.1) is 0 Å². The Morgan fingerprint density at radius 2 is 2.10 bits per heavy atom. The third-order valence-electron chi connectivity index (χ3n) is 2.69. The van der Waals surface area contributed by atoms with Crippen molar-refractivity contribution >= 4 is 23.4 Å². The van der Waals surface area contributed by atoms with Crippen LogP contribution >= 0.6 is 11.8 Å². The predicted octanol–water partition coefficient (Wildman–Crippen LogP) is 3.19. The summed E-state index contributed by atoms with van der Waals surface area (Å²) in [6.45, 7) is 3.98. The summed E-state index contributed by atoms with van der Waals surface area (Å²) in [6.07, 6.45) is 1.23. The molecule has 104 valence electrons. The molecule has 1 aromatic heterocycles. The third kappa shape index (κ3) is 3.05. The van der Waals surface area contributed by atoms with Gasteiger partial charge in [0.05, 0.1) is 4.92 Å². The van der Waals surface area contributed by atoms with E-state index >= 15 is 0 Å². The van der Waals surface area contributed by atoms with Crippen LogP contribution in [0.4, 0.5) is 11.6 Å². The molecule has 0 saturated heterocycles. The van der Waals surface area contributed by atoms with Crippen LogP contribution in [-0.2, 0) is 0 Å². The van der Waals surface area contributed by atoms with E-state index in [9.17, 15) is 10.1 Å². The first-order valence-corrected chi connectivity index (χ1v) is 6.77. The average Bonchev–Trinajstić information content (AvgIpc) is 2.41. The third-order valence-corrected chi connectivity index (χ3v) is 3.86. The van der Waals surface area contributed by atoms with Gasteiger partial charge in [-0.25, -0.2) is 4.98 Å². The second-order valence-corrected chi connectivity index (χ2v) is 5.29. The Hall–Kier alpha value is -2.15. The summed E-state index contributed by atoms with van der Waals surface area (Å²) in [4.78, 5) is 19.6. The Balaban J connectivity index is 2.43. The Bertz CT molecular complexity index is 661. The molecule has 0 aliphatic carbocycles. The highest BCUT2D eigenvalue weighted by Crippen LogP contribution is 2.35. The minimum atomic E-state index is -0.467. The second kappa shape index (κ2) is 5.87. The van der Waals surface area contributed by atoms with Crippen molar-refractivity contribution in [2.24, 2.45) is 0 Å². The van der Waals surface area contributed by atoms with Crippen molar-refractivity contribution in [3.8, 4) is 0 Å². The maximum Gasteiger partial charge on any atom is 0.320 e. The molecule has 1 N–H and O–H groups in total. The van der Waals surface area contributed by atoms with E-state index in [1.807, 2.05) is 32.0 Å². The summed E-state index contributed by atoms with van der Waals surface area (Å²) in [7, 11) is 1.67. The van der Waals surface area contributed by atoms with E-state index < -0.39 is 4.92 Å². The van der Waals surface area contributed by atoms with Crippen LogP contribution in [0.1, 0.15) is 11.1 Å². The minimum Gasteiger partial charge on any atom is -0.357 e. The number of hydrogen-bond acceptors (Lipinski definition) is 6. The number of nitro groups is 1. The maximum absolute atomic E-state index is 11.0. The molecule has 0 fully saturated rings. The van der Waals surface area contributed by atoms with Crippen LogP contribution in [0.2, 0.25) is 0 Å². The number of aromatic nitrogens is 2. The van der Waals surface area contributed by atoms with Gasteiger partial charge in [-0.3, -0.25) is 10.1 Å². The molecular weight excluding hydrogens is 276 g/mol. The molecule has 0 bridgehead atoms. The molecule has 1 aromatic carbocycles. The summed E-state index contributed by atoms with van der Waals surface area (Å²) < 4.78 is 0. The zero-order valence-electron chi connectivity index (χ0n) is 11.4. The van der Waals surface area contributed by atoms with Crippen LogP contribution in [0.15, 0.2) is 34.3 Å². The molecule has 0 saturated carbocycles. The number of anilines is 1. The first-order valence-electron chi connectivity index (χ1n) is 5.95. The van der Waals surface area contributed by atoms with Crippen molar-refractivity contribution in [1.29, 1.82) is 0 Å². The number of nitrogens with one attached hydrogen (secondary N) is 1. The standard InChI is InChI=1S/C13H14N4O2S/c1-8-4-5-11(9(2)6-8)20-12-10(17(18)19)7-15-13(14-3)16-12/h4-7H,1-3H3,(H,14,15,16). The molecular formula is C13H14N4O2S. The largest absolute Gasteiger partial charge is 0.357 e. The quantitative estimate of drug-likeness (QED) is 0.529. The van der Waals surface area contributed by atoms with Crippen molar-refractivity contribution in [3.63, 3.8) is 0 Å². The lowest BCUT2D eigenvalue weighted by Crippen LogP contribution is -2.01. The molecule has 1 heterocycles. The van der Waals surface area contributed by atoms with E-state index in [4.69, 9.17) is 0 Å². The summed E-state index contributed by atoms with van der Waals surface area (Å²) in [5, 5.41) is 14.2. The number of rotatable bonds is 4. The Kier molecular flexibility index (Phi) is 4.19. The highest BCUT2D eigenvalue weighted by atomic mass is 32.2. The number of hydrogen-bond donors (Lipinski definition) is 1. The van der Waals surface area contributed by atoms with Gasteiger partial charge in [-0.2, -0.15) is 4.98 Å². The van der Waals surface area contributed by atoms with Crippen molar-refractivity contribution in [2.75, 3.05) is 12.4 Å². The molecule has 0 radical (unpaired) electrons. The number of benzene rings is 1. The molecule has 0 atom stereocenters. The van der Waals surface area contributed by atoms with Gasteiger partial charge in [0.2, 0.25) is 5.95 Å². The van der Waals surface area contributed by atoms with Gasteiger partial charge in [0.15, 0.2) is 5.03 Å². The lowest BCUT2D eigenvalue weighted by Gasteiger charge is -2.07. The molecule has 2 aromatic rings. The van der Waals surface area contributed by atoms with Crippen LogP contribution in [0.3, 0.4) is 0 Å². The normalized spacial score (nSPS) is 10.3. The first-order chi connectivity index (χ1) is 9.51. The van der Waals surface area contributed by atoms with E-state index in [1.165, 1.54) is 18.0 Å². The monoisotopic (exact) mass is 290 g/mol. The van der Waals surface area contributed by atoms with E-state index in [-0.39, 0.29) is 5.69 Å². The van der Waals surface area contributed by atoms with Crippen LogP contribution in [0.5, 0.6) is 0 Å². The van der Waals surface area contributed by atoms with Gasteiger partial charge in [0, 0.05) is 11.9 Å². The van der Waals surface area contributed by atoms with E-state index in [1.54, 1.807) is 7.05 Å². The highest BCUT2D eigenvalue weighted by Gasteiger charge is 2.18. The van der Waals surface area contributed by atoms with Crippen LogP contribution in [0, 0.1) is 24.0 Å². The van der Waals surface area contributed by atoms with Crippen molar-refractivity contribution < 1.29 is 4.92 Å². The van der Waals surface area contributed by atoms with E-state index in [0.29, 0.717) is 11.0 Å². The van der Waals surface area contributed by atoms with E-state index in [2.05, 4.69) is 15.3 Å². The van der Waals surface area contributed by atoms with Crippen LogP contribution in [-0.4, -0.2) is 21.9 Å². The van der Waals surface area contributed by atoms with Crippen LogP contribution < -0.4 is 5.32 Å². The zero-order valence-corrected chi connectivity index (χ0v) is 12.2. The van der Waals surface area contributed by atoms with Gasteiger partial charge in [0.25, 0.3) is 0 Å². The van der Waals surface area contributed by atoms with Crippen molar-refractivity contribution in [3.05, 3.63) is 45.6 Å². The average molecular weight is 290 g/mol. The maximum atomic E-state index is 11.0. The fraction of sp³-hybridized carbons (Fsp3) is 0.231. The number of nitrogens with zero attached hydrogens (tertiary/aromatic N) is 3. The molecule has 0 aliphatic heterocycles. The summed E-state index contributed by atoms with van der Waals surface area (Å²) in [6, 6.07) is 5.95. The Morgan fingerprint density at radius 1 is 1.35 bits per heavy atom. The predicted molar refractivity (Wildman–Crippen MR) is 78.3 cm³/mol. The van der Waals surface area contributed by atoms with Crippen molar-refractivity contribution in [2.45, 2.75) is 23.8 Å². The smallest absolute Gasteiger partial charge is 0.320 e. The molecule has 0 amide bonds. The summed E-state index contributed by atoms with van der Waals surface area (Å²) in [5.74, 6) is 0.364. The van der Waals surface area contributed by atoms with E-state index in [0.717, 1.165) is 16.0 Å². The SMILES string of the molecule is CNc1ncc([N+](=O)[O-])c(Sc2ccc(C)cc2C)n1. The summed E-state index contributed by atoms with van der Waals surface area (Å²) >= 11 is 1.27. The van der Waals surface area contributed by atoms with Gasteiger partial charge in [-0.1, -0.05) is 29.5 Å². The van der Waals surface area contributed by atoms with Gasteiger partial charge >= 0.3 is 5.69 Å². The molecule has 7 heteroatoms. The molecule has 20 heavy (non-hydrogen) atoms. The first kappa shape index (κ1) is 14.3. The zero-order chi connectivity index (χ0) is 14.7. The number of aryl methyl sites for hydroxylation is 2. The Morgan fingerprint density at radius 3 is 2.70 bits per heavy atom. The fourth-order valence-electron chi connectivity index (χ4n) is 1.70. The Labute approximate surface area is 120 Å². The molecule has 0 unspecified atom stereocenters. The van der Waals surface area contributed by atoms with Gasteiger partial charge in [0.1, 0.15) is 6.20 Å². The lowest BCUT2D eigenvalue weighted by molar-refractivity contribution is -0.388. The lowest BCUT2D eigenvalue weighted by atomic mass is 10.2. The highest BCUT2D eigenvalue weighted by molar-refractivity contribution is 7.99. The molecule has 0 aliphatic rings. The topological polar surface area (TPSA) is 81.0 Å². The molecule has 2 rings (SSSR count). The second-order valence-electron chi connectivity index (χ2n) is 4.26. The minimum absolute atomic E-state index is 0.0889.